The van der Waals surface area contributed by atoms with Crippen molar-refractivity contribution in [2.24, 2.45) is 12.0 Å². The fourth-order valence-corrected chi connectivity index (χ4v) is 3.23. The summed E-state index contributed by atoms with van der Waals surface area (Å²) in [5.74, 6) is 0.526. The molecule has 0 radical (unpaired) electrons. The highest BCUT2D eigenvalue weighted by Crippen LogP contribution is 2.30. The van der Waals surface area contributed by atoms with Crippen LogP contribution in [0.2, 0.25) is 0 Å². The Morgan fingerprint density at radius 3 is 2.54 bits per heavy atom. The molecule has 154 valence electrons. The Morgan fingerprint density at radius 2 is 1.96 bits per heavy atom. The standard InChI is InChI=1S/C20H28F3N5/c1-6-17-16(18(7-2)28(5)27-17)12-25-19(24-4)26-13(3)14-9-8-10-15(11-14)20(21,22)23/h8-11,13H,6-7,12H2,1-5H3,(H2,24,25,26). The van der Waals surface area contributed by atoms with E-state index in [1.165, 1.54) is 6.07 Å². The van der Waals surface area contributed by atoms with E-state index < -0.39 is 11.7 Å². The van der Waals surface area contributed by atoms with Gasteiger partial charge in [-0.3, -0.25) is 9.67 Å². The van der Waals surface area contributed by atoms with Gasteiger partial charge in [-0.15, -0.1) is 0 Å². The molecule has 1 unspecified atom stereocenters. The quantitative estimate of drug-likeness (QED) is 0.574. The lowest BCUT2D eigenvalue weighted by molar-refractivity contribution is -0.137. The Morgan fingerprint density at radius 1 is 1.25 bits per heavy atom. The monoisotopic (exact) mass is 395 g/mol. The second-order valence-corrected chi connectivity index (χ2v) is 6.62. The number of hydrogen-bond acceptors (Lipinski definition) is 2. The molecule has 1 aromatic carbocycles. The summed E-state index contributed by atoms with van der Waals surface area (Å²) < 4.78 is 40.7. The van der Waals surface area contributed by atoms with Crippen molar-refractivity contribution >= 4 is 5.96 Å². The van der Waals surface area contributed by atoms with Crippen LogP contribution in [0.15, 0.2) is 29.3 Å². The van der Waals surface area contributed by atoms with E-state index in [9.17, 15) is 13.2 Å². The number of nitrogens with one attached hydrogen (secondary N) is 2. The summed E-state index contributed by atoms with van der Waals surface area (Å²) in [6, 6.07) is 4.99. The molecule has 0 saturated carbocycles. The van der Waals surface area contributed by atoms with Crippen molar-refractivity contribution in [2.75, 3.05) is 7.05 Å². The van der Waals surface area contributed by atoms with Crippen molar-refractivity contribution in [1.82, 2.24) is 20.4 Å². The Hall–Kier alpha value is -2.51. The first-order valence-electron chi connectivity index (χ1n) is 9.39. The average Bonchev–Trinajstić information content (AvgIpc) is 2.98. The minimum atomic E-state index is -4.36. The fourth-order valence-electron chi connectivity index (χ4n) is 3.23. The number of aromatic nitrogens is 2. The first-order valence-corrected chi connectivity index (χ1v) is 9.39. The number of aryl methyl sites for hydroxylation is 2. The zero-order valence-corrected chi connectivity index (χ0v) is 17.0. The maximum absolute atomic E-state index is 12.9. The van der Waals surface area contributed by atoms with E-state index in [4.69, 9.17) is 0 Å². The molecule has 0 fully saturated rings. The second kappa shape index (κ2) is 9.12. The SMILES string of the molecule is CCc1nn(C)c(CC)c1CNC(=NC)NC(C)c1cccc(C(F)(F)F)c1. The van der Waals surface area contributed by atoms with Crippen LogP contribution in [-0.4, -0.2) is 22.8 Å². The highest BCUT2D eigenvalue weighted by molar-refractivity contribution is 5.80. The third-order valence-corrected chi connectivity index (χ3v) is 4.75. The number of benzene rings is 1. The highest BCUT2D eigenvalue weighted by Gasteiger charge is 2.30. The maximum Gasteiger partial charge on any atom is 0.416 e. The van der Waals surface area contributed by atoms with Gasteiger partial charge in [-0.2, -0.15) is 18.3 Å². The van der Waals surface area contributed by atoms with Crippen LogP contribution in [0.3, 0.4) is 0 Å². The largest absolute Gasteiger partial charge is 0.416 e. The molecule has 1 aromatic heterocycles. The molecule has 0 saturated heterocycles. The number of aliphatic imine (C=N–C) groups is 1. The molecule has 28 heavy (non-hydrogen) atoms. The van der Waals surface area contributed by atoms with Gasteiger partial charge in [0.1, 0.15) is 0 Å². The van der Waals surface area contributed by atoms with Crippen molar-refractivity contribution in [3.63, 3.8) is 0 Å². The van der Waals surface area contributed by atoms with Gasteiger partial charge in [-0.1, -0.05) is 26.0 Å². The van der Waals surface area contributed by atoms with Crippen molar-refractivity contribution in [2.45, 2.75) is 52.4 Å². The summed E-state index contributed by atoms with van der Waals surface area (Å²) in [5, 5.41) is 11.0. The molecule has 0 aliphatic heterocycles. The summed E-state index contributed by atoms with van der Waals surface area (Å²) >= 11 is 0. The number of guanidine groups is 1. The van der Waals surface area contributed by atoms with Crippen molar-refractivity contribution in [3.05, 3.63) is 52.3 Å². The molecule has 0 spiro atoms. The van der Waals surface area contributed by atoms with E-state index in [-0.39, 0.29) is 6.04 Å². The minimum absolute atomic E-state index is 0.335. The Labute approximate surface area is 164 Å². The topological polar surface area (TPSA) is 54.2 Å². The zero-order chi connectivity index (χ0) is 20.9. The van der Waals surface area contributed by atoms with Crippen molar-refractivity contribution < 1.29 is 13.2 Å². The van der Waals surface area contributed by atoms with Gasteiger partial charge in [0.25, 0.3) is 0 Å². The summed E-state index contributed by atoms with van der Waals surface area (Å²) in [6.45, 7) is 6.51. The highest BCUT2D eigenvalue weighted by atomic mass is 19.4. The Kier molecular flexibility index (Phi) is 7.10. The Bertz CT molecular complexity index is 824. The Balaban J connectivity index is 2.10. The molecule has 5 nitrogen and oxygen atoms in total. The predicted octanol–water partition coefficient (Wildman–Crippen LogP) is 3.99. The number of nitrogens with zero attached hydrogens (tertiary/aromatic N) is 3. The van der Waals surface area contributed by atoms with Crippen LogP contribution in [0.5, 0.6) is 0 Å². The van der Waals surface area contributed by atoms with Gasteiger partial charge >= 0.3 is 6.18 Å². The van der Waals surface area contributed by atoms with Gasteiger partial charge in [0.2, 0.25) is 0 Å². The molecule has 2 aromatic rings. The van der Waals surface area contributed by atoms with Crippen molar-refractivity contribution in [1.29, 1.82) is 0 Å². The maximum atomic E-state index is 12.9. The van der Waals surface area contributed by atoms with E-state index >= 15 is 0 Å². The second-order valence-electron chi connectivity index (χ2n) is 6.62. The number of alkyl halides is 3. The molecule has 1 atom stereocenters. The molecule has 2 N–H and O–H groups in total. The molecule has 8 heteroatoms. The molecule has 2 rings (SSSR count). The minimum Gasteiger partial charge on any atom is -0.352 e. The van der Waals surface area contributed by atoms with Gasteiger partial charge in [0.05, 0.1) is 17.3 Å². The van der Waals surface area contributed by atoms with E-state index in [0.29, 0.717) is 18.1 Å². The summed E-state index contributed by atoms with van der Waals surface area (Å²) in [7, 11) is 3.57. The van der Waals surface area contributed by atoms with Gasteiger partial charge in [0, 0.05) is 31.9 Å². The molecule has 1 heterocycles. The van der Waals surface area contributed by atoms with Crippen LogP contribution in [0.4, 0.5) is 13.2 Å². The van der Waals surface area contributed by atoms with Gasteiger partial charge < -0.3 is 10.6 Å². The summed E-state index contributed by atoms with van der Waals surface area (Å²) in [6.07, 6.45) is -2.66. The van der Waals surface area contributed by atoms with Crippen LogP contribution >= 0.6 is 0 Å². The molecule has 0 aliphatic carbocycles. The van der Waals surface area contributed by atoms with Gasteiger partial charge in [0.15, 0.2) is 5.96 Å². The average molecular weight is 395 g/mol. The molecular weight excluding hydrogens is 367 g/mol. The molecular formula is C20H28F3N5. The predicted molar refractivity (Wildman–Crippen MR) is 105 cm³/mol. The van der Waals surface area contributed by atoms with Crippen LogP contribution < -0.4 is 10.6 Å². The molecule has 0 aliphatic rings. The first kappa shape index (κ1) is 21.8. The lowest BCUT2D eigenvalue weighted by atomic mass is 10.1. The lowest BCUT2D eigenvalue weighted by Gasteiger charge is -2.19. The third-order valence-electron chi connectivity index (χ3n) is 4.75. The van der Waals surface area contributed by atoms with E-state index in [1.54, 1.807) is 20.0 Å². The molecule has 0 bridgehead atoms. The van der Waals surface area contributed by atoms with Crippen LogP contribution in [-0.2, 0) is 32.6 Å². The van der Waals surface area contributed by atoms with Crippen LogP contribution in [0, 0.1) is 0 Å². The third kappa shape index (κ3) is 5.05. The number of rotatable bonds is 6. The van der Waals surface area contributed by atoms with E-state index in [1.807, 2.05) is 11.7 Å². The molecule has 0 amide bonds. The fraction of sp³-hybridized carbons (Fsp3) is 0.500. The van der Waals surface area contributed by atoms with E-state index in [0.717, 1.165) is 41.9 Å². The van der Waals surface area contributed by atoms with Crippen LogP contribution in [0.25, 0.3) is 0 Å². The van der Waals surface area contributed by atoms with E-state index in [2.05, 4.69) is 34.6 Å². The summed E-state index contributed by atoms with van der Waals surface area (Å²) in [4.78, 5) is 4.20. The number of halogens is 3. The van der Waals surface area contributed by atoms with Crippen molar-refractivity contribution in [3.8, 4) is 0 Å². The van der Waals surface area contributed by atoms with Crippen LogP contribution in [0.1, 0.15) is 54.9 Å². The van der Waals surface area contributed by atoms with Gasteiger partial charge in [-0.25, -0.2) is 0 Å². The normalized spacial score (nSPS) is 13.5. The first-order chi connectivity index (χ1) is 13.2. The zero-order valence-electron chi connectivity index (χ0n) is 17.0. The summed E-state index contributed by atoms with van der Waals surface area (Å²) in [5.41, 5.74) is 3.22. The number of hydrogen-bond donors (Lipinski definition) is 2. The smallest absolute Gasteiger partial charge is 0.352 e. The lowest BCUT2D eigenvalue weighted by Crippen LogP contribution is -2.38. The van der Waals surface area contributed by atoms with Gasteiger partial charge in [-0.05, 0) is 37.5 Å².